The third-order valence-corrected chi connectivity index (χ3v) is 8.09. The van der Waals surface area contributed by atoms with Crippen molar-refractivity contribution >= 4 is 5.78 Å². The third-order valence-electron chi connectivity index (χ3n) is 8.09. The summed E-state index contributed by atoms with van der Waals surface area (Å²) < 4.78 is 0. The minimum atomic E-state index is -0.127. The number of allylic oxidation sites excluding steroid dienone is 1. The number of hydrogen-bond donors (Lipinski definition) is 1. The molecule has 122 valence electrons. The summed E-state index contributed by atoms with van der Waals surface area (Å²) in [4.78, 5) is 12.7. The summed E-state index contributed by atoms with van der Waals surface area (Å²) in [5.74, 6) is 2.82. The topological polar surface area (TPSA) is 37.3 Å². The van der Waals surface area contributed by atoms with Crippen LogP contribution in [0.15, 0.2) is 11.6 Å². The zero-order valence-electron chi connectivity index (χ0n) is 14.3. The van der Waals surface area contributed by atoms with Crippen molar-refractivity contribution in [3.63, 3.8) is 0 Å². The fourth-order valence-electron chi connectivity index (χ4n) is 6.75. The van der Waals surface area contributed by atoms with E-state index in [0.717, 1.165) is 44.4 Å². The Bertz CT molecular complexity index is 536. The Morgan fingerprint density at radius 3 is 2.64 bits per heavy atom. The van der Waals surface area contributed by atoms with Gasteiger partial charge < -0.3 is 5.11 Å². The Morgan fingerprint density at radius 1 is 1.14 bits per heavy atom. The second-order valence-electron chi connectivity index (χ2n) is 9.11. The molecule has 7 atom stereocenters. The van der Waals surface area contributed by atoms with Crippen molar-refractivity contribution in [3.05, 3.63) is 11.6 Å². The van der Waals surface area contributed by atoms with Gasteiger partial charge in [0, 0.05) is 11.3 Å². The molecule has 0 unspecified atom stereocenters. The quantitative estimate of drug-likeness (QED) is 0.683. The van der Waals surface area contributed by atoms with Gasteiger partial charge in [-0.2, -0.15) is 0 Å². The summed E-state index contributed by atoms with van der Waals surface area (Å²) in [6, 6.07) is 0. The third kappa shape index (κ3) is 1.79. The first-order valence-electron chi connectivity index (χ1n) is 9.28. The number of carbonyl (C=O) groups excluding carboxylic acids is 1. The highest BCUT2D eigenvalue weighted by Gasteiger charge is 2.60. The van der Waals surface area contributed by atoms with Crippen molar-refractivity contribution in [1.82, 2.24) is 0 Å². The molecule has 0 amide bonds. The summed E-state index contributed by atoms with van der Waals surface area (Å²) in [5.41, 5.74) is 1.77. The molecule has 0 bridgehead atoms. The van der Waals surface area contributed by atoms with Gasteiger partial charge in [0.15, 0.2) is 0 Å². The summed E-state index contributed by atoms with van der Waals surface area (Å²) in [6.45, 7) is 6.85. The Kier molecular flexibility index (Phi) is 3.18. The highest BCUT2D eigenvalue weighted by atomic mass is 16.3. The second kappa shape index (κ2) is 4.69. The molecule has 4 aliphatic rings. The number of aliphatic hydroxyl groups is 1. The second-order valence-corrected chi connectivity index (χ2v) is 9.11. The first-order valence-corrected chi connectivity index (χ1v) is 9.28. The van der Waals surface area contributed by atoms with Gasteiger partial charge in [0.25, 0.3) is 0 Å². The molecule has 0 radical (unpaired) electrons. The van der Waals surface area contributed by atoms with Gasteiger partial charge in [-0.05, 0) is 68.1 Å². The molecule has 0 saturated heterocycles. The van der Waals surface area contributed by atoms with Crippen LogP contribution in [0.25, 0.3) is 0 Å². The summed E-state index contributed by atoms with van der Waals surface area (Å²) in [7, 11) is 0. The van der Waals surface area contributed by atoms with E-state index < -0.39 is 0 Å². The smallest absolute Gasteiger partial charge is 0.141 e. The Hall–Kier alpha value is -0.630. The van der Waals surface area contributed by atoms with Gasteiger partial charge in [0.05, 0.1) is 6.10 Å². The van der Waals surface area contributed by atoms with Gasteiger partial charge >= 0.3 is 0 Å². The molecule has 22 heavy (non-hydrogen) atoms. The minimum Gasteiger partial charge on any atom is -0.393 e. The largest absolute Gasteiger partial charge is 0.393 e. The van der Waals surface area contributed by atoms with Crippen molar-refractivity contribution < 1.29 is 9.90 Å². The van der Waals surface area contributed by atoms with Gasteiger partial charge in [0.1, 0.15) is 5.78 Å². The summed E-state index contributed by atoms with van der Waals surface area (Å²) in [5, 5.41) is 10.0. The lowest BCUT2D eigenvalue weighted by molar-refractivity contribution is -0.133. The first kappa shape index (κ1) is 14.9. The van der Waals surface area contributed by atoms with Crippen molar-refractivity contribution in [1.29, 1.82) is 0 Å². The monoisotopic (exact) mass is 302 g/mol. The Labute approximate surface area is 134 Å². The Morgan fingerprint density at radius 2 is 1.86 bits per heavy atom. The molecule has 0 aromatic heterocycles. The van der Waals surface area contributed by atoms with E-state index in [1.165, 1.54) is 12.0 Å². The minimum absolute atomic E-state index is 0.0452. The van der Waals surface area contributed by atoms with Crippen molar-refractivity contribution in [2.24, 2.45) is 34.5 Å². The van der Waals surface area contributed by atoms with Crippen LogP contribution in [0.5, 0.6) is 0 Å². The number of fused-ring (bicyclic) bond motifs is 5. The van der Waals surface area contributed by atoms with E-state index >= 15 is 0 Å². The number of Topliss-reactive ketones (excluding diaryl/α,β-unsaturated/α-hetero) is 1. The lowest BCUT2D eigenvalue weighted by Gasteiger charge is -2.56. The summed E-state index contributed by atoms with van der Waals surface area (Å²) in [6.07, 6.45) is 9.84. The fourth-order valence-corrected chi connectivity index (χ4v) is 6.75. The molecule has 0 aliphatic heterocycles. The number of rotatable bonds is 0. The Balaban J connectivity index is 1.70. The normalized spacial score (nSPS) is 54.3. The molecule has 0 aromatic carbocycles. The average molecular weight is 302 g/mol. The molecular weight excluding hydrogens is 272 g/mol. The van der Waals surface area contributed by atoms with Crippen LogP contribution >= 0.6 is 0 Å². The molecule has 3 fully saturated rings. The van der Waals surface area contributed by atoms with Crippen molar-refractivity contribution in [2.75, 3.05) is 0 Å². The van der Waals surface area contributed by atoms with Crippen LogP contribution < -0.4 is 0 Å². The highest BCUT2D eigenvalue weighted by molar-refractivity contribution is 5.89. The summed E-state index contributed by atoms with van der Waals surface area (Å²) >= 11 is 0. The zero-order chi connectivity index (χ0) is 15.7. The van der Waals surface area contributed by atoms with E-state index in [1.54, 1.807) is 0 Å². The standard InChI is InChI=1S/C20H30O2/c1-12-10-17-15-5-4-13-11-14(21)6-8-19(13,2)16(15)7-9-20(17,3)18(12)22/h4,12,14-17,21H,5-11H2,1-3H3/t12-,14-,15+,16-,17-,19-,20-/m0/s1. The van der Waals surface area contributed by atoms with Crippen LogP contribution in [0, 0.1) is 34.5 Å². The SMILES string of the molecule is C[C@H]1C[C@H]2[C@@H]3CC=C4C[C@@H](O)CC[C@]4(C)[C@H]3CC[C@]2(C)C1=O. The van der Waals surface area contributed by atoms with E-state index in [0.29, 0.717) is 23.0 Å². The molecule has 2 nitrogen and oxygen atoms in total. The number of hydrogen-bond acceptors (Lipinski definition) is 2. The van der Waals surface area contributed by atoms with Crippen molar-refractivity contribution in [2.45, 2.75) is 71.8 Å². The molecule has 0 heterocycles. The maximum absolute atomic E-state index is 12.7. The van der Waals surface area contributed by atoms with Crippen LogP contribution in [-0.2, 0) is 4.79 Å². The molecule has 0 spiro atoms. The number of aliphatic hydroxyl groups excluding tert-OH is 1. The molecule has 4 aliphatic carbocycles. The number of carbonyl (C=O) groups is 1. The molecule has 0 aromatic rings. The van der Waals surface area contributed by atoms with E-state index in [4.69, 9.17) is 0 Å². The van der Waals surface area contributed by atoms with Crippen LogP contribution in [-0.4, -0.2) is 17.0 Å². The zero-order valence-corrected chi connectivity index (χ0v) is 14.3. The van der Waals surface area contributed by atoms with Crippen LogP contribution in [0.3, 0.4) is 0 Å². The molecule has 2 heteroatoms. The number of ketones is 1. The lowest BCUT2D eigenvalue weighted by Crippen LogP contribution is -2.50. The molecule has 4 rings (SSSR count). The van der Waals surface area contributed by atoms with E-state index in [1.807, 2.05) is 0 Å². The van der Waals surface area contributed by atoms with Gasteiger partial charge in [0.2, 0.25) is 0 Å². The average Bonchev–Trinajstić information content (AvgIpc) is 2.72. The molecule has 3 saturated carbocycles. The lowest BCUT2D eigenvalue weighted by atomic mass is 9.48. The predicted octanol–water partition coefficient (Wildman–Crippen LogP) is 4.13. The highest BCUT2D eigenvalue weighted by Crippen LogP contribution is 2.64. The van der Waals surface area contributed by atoms with Gasteiger partial charge in [-0.1, -0.05) is 32.4 Å². The van der Waals surface area contributed by atoms with Crippen LogP contribution in [0.2, 0.25) is 0 Å². The maximum Gasteiger partial charge on any atom is 0.141 e. The predicted molar refractivity (Wildman–Crippen MR) is 87.3 cm³/mol. The van der Waals surface area contributed by atoms with E-state index in [2.05, 4.69) is 26.8 Å². The maximum atomic E-state index is 12.7. The van der Waals surface area contributed by atoms with E-state index in [9.17, 15) is 9.90 Å². The first-order chi connectivity index (χ1) is 10.4. The van der Waals surface area contributed by atoms with Gasteiger partial charge in [-0.3, -0.25) is 4.79 Å². The van der Waals surface area contributed by atoms with Crippen LogP contribution in [0.4, 0.5) is 0 Å². The molecular formula is C20H30O2. The van der Waals surface area contributed by atoms with Crippen LogP contribution in [0.1, 0.15) is 65.7 Å². The van der Waals surface area contributed by atoms with E-state index in [-0.39, 0.29) is 17.4 Å². The fraction of sp³-hybridized carbons (Fsp3) is 0.850. The molecule has 1 N–H and O–H groups in total. The van der Waals surface area contributed by atoms with Gasteiger partial charge in [-0.15, -0.1) is 0 Å². The van der Waals surface area contributed by atoms with Gasteiger partial charge in [-0.25, -0.2) is 0 Å². The van der Waals surface area contributed by atoms with Crippen molar-refractivity contribution in [3.8, 4) is 0 Å².